The second kappa shape index (κ2) is 8.75. The molecule has 3 aromatic heterocycles. The topological polar surface area (TPSA) is 124 Å². The number of aromatic nitrogens is 5. The maximum atomic E-state index is 13.6. The molecular formula is C23H29N7O3. The van der Waals surface area contributed by atoms with Gasteiger partial charge in [-0.2, -0.15) is 0 Å². The lowest BCUT2D eigenvalue weighted by atomic mass is 10.1. The number of hydrogen-bond donors (Lipinski definition) is 2. The van der Waals surface area contributed by atoms with Crippen molar-refractivity contribution in [3.63, 3.8) is 0 Å². The molecule has 4 heterocycles. The van der Waals surface area contributed by atoms with E-state index in [0.717, 1.165) is 28.8 Å². The van der Waals surface area contributed by atoms with Gasteiger partial charge < -0.3 is 20.3 Å². The minimum Gasteiger partial charge on any atom is -0.503 e. The van der Waals surface area contributed by atoms with Gasteiger partial charge >= 0.3 is 5.69 Å². The third-order valence-corrected chi connectivity index (χ3v) is 5.99. The molecule has 3 N–H and O–H groups in total. The summed E-state index contributed by atoms with van der Waals surface area (Å²) in [6, 6.07) is 1.79. The first-order valence-corrected chi connectivity index (χ1v) is 11.0. The van der Waals surface area contributed by atoms with Crippen molar-refractivity contribution in [1.29, 1.82) is 0 Å². The van der Waals surface area contributed by atoms with Crippen LogP contribution in [0.5, 0.6) is 5.75 Å². The van der Waals surface area contributed by atoms with Gasteiger partial charge in [0.15, 0.2) is 11.6 Å². The minimum absolute atomic E-state index is 0.0379. The van der Waals surface area contributed by atoms with Gasteiger partial charge in [0.2, 0.25) is 0 Å². The number of anilines is 1. The molecule has 1 atom stereocenters. The monoisotopic (exact) mass is 451 g/mol. The SMILES string of the molecule is CC#CCn1c(N2CCC[C@@H](N)C2)c(O)c2c1c(=O)n(Cc1nc(C)cc(C)n1)c(=O)n2C. The van der Waals surface area contributed by atoms with Gasteiger partial charge in [0.05, 0.1) is 13.1 Å². The molecule has 174 valence electrons. The molecule has 1 aliphatic rings. The molecule has 1 saturated heterocycles. The number of piperidine rings is 1. The van der Waals surface area contributed by atoms with E-state index in [1.165, 1.54) is 4.57 Å². The lowest BCUT2D eigenvalue weighted by Gasteiger charge is -2.33. The van der Waals surface area contributed by atoms with Gasteiger partial charge in [-0.3, -0.25) is 13.9 Å². The van der Waals surface area contributed by atoms with Gasteiger partial charge in [-0.05, 0) is 39.7 Å². The fourth-order valence-corrected chi connectivity index (χ4v) is 4.59. The molecule has 3 aromatic rings. The summed E-state index contributed by atoms with van der Waals surface area (Å²) in [5.41, 5.74) is 7.03. The Morgan fingerprint density at radius 1 is 1.18 bits per heavy atom. The van der Waals surface area contributed by atoms with E-state index in [1.807, 2.05) is 24.8 Å². The molecule has 10 heteroatoms. The first kappa shape index (κ1) is 22.6. The van der Waals surface area contributed by atoms with E-state index in [1.54, 1.807) is 18.5 Å². The zero-order valence-corrected chi connectivity index (χ0v) is 19.4. The van der Waals surface area contributed by atoms with Crippen molar-refractivity contribution in [2.75, 3.05) is 18.0 Å². The quantitative estimate of drug-likeness (QED) is 0.557. The minimum atomic E-state index is -0.550. The van der Waals surface area contributed by atoms with Gasteiger partial charge in [0, 0.05) is 37.6 Å². The molecule has 10 nitrogen and oxygen atoms in total. The molecule has 1 aliphatic heterocycles. The van der Waals surface area contributed by atoms with Crippen molar-refractivity contribution < 1.29 is 5.11 Å². The lowest BCUT2D eigenvalue weighted by molar-refractivity contribution is 0.458. The van der Waals surface area contributed by atoms with Gasteiger partial charge in [-0.15, -0.1) is 5.92 Å². The number of rotatable bonds is 4. The molecule has 0 aromatic carbocycles. The number of nitrogens with two attached hydrogens (primary N) is 1. The average Bonchev–Trinajstić information content (AvgIpc) is 3.05. The predicted octanol–water partition coefficient (Wildman–Crippen LogP) is 0.613. The smallest absolute Gasteiger partial charge is 0.331 e. The van der Waals surface area contributed by atoms with Crippen molar-refractivity contribution in [2.45, 2.75) is 52.7 Å². The van der Waals surface area contributed by atoms with E-state index in [9.17, 15) is 14.7 Å². The van der Waals surface area contributed by atoms with Crippen LogP contribution >= 0.6 is 0 Å². The normalized spacial score (nSPS) is 16.2. The molecule has 4 rings (SSSR count). The highest BCUT2D eigenvalue weighted by molar-refractivity contribution is 5.90. The number of aromatic hydroxyl groups is 1. The molecule has 33 heavy (non-hydrogen) atoms. The summed E-state index contributed by atoms with van der Waals surface area (Å²) < 4.78 is 4.11. The summed E-state index contributed by atoms with van der Waals surface area (Å²) in [4.78, 5) is 37.6. The number of fused-ring (bicyclic) bond motifs is 1. The standard InChI is InChI=1S/C23H29N7O3/c1-5-6-10-29-19-18(20(31)21(29)28-9-7-8-16(24)12-28)27(4)23(33)30(22(19)32)13-17-25-14(2)11-15(3)26-17/h11,16,31H,7-10,12-13,24H2,1-4H3/t16-/m1/s1. The van der Waals surface area contributed by atoms with Crippen molar-refractivity contribution in [2.24, 2.45) is 12.8 Å². The van der Waals surface area contributed by atoms with Gasteiger partial charge in [-0.1, -0.05) is 5.92 Å². The van der Waals surface area contributed by atoms with Crippen LogP contribution < -0.4 is 21.9 Å². The highest BCUT2D eigenvalue weighted by Crippen LogP contribution is 2.37. The van der Waals surface area contributed by atoms with Crippen LogP contribution in [0.1, 0.15) is 37.0 Å². The third-order valence-electron chi connectivity index (χ3n) is 5.99. The number of hydrogen-bond acceptors (Lipinski definition) is 7. The summed E-state index contributed by atoms with van der Waals surface area (Å²) >= 11 is 0. The maximum Gasteiger partial charge on any atom is 0.331 e. The van der Waals surface area contributed by atoms with Gasteiger partial charge in [-0.25, -0.2) is 14.8 Å². The third kappa shape index (κ3) is 4.00. The molecular weight excluding hydrogens is 422 g/mol. The Morgan fingerprint density at radius 3 is 2.52 bits per heavy atom. The van der Waals surface area contributed by atoms with Gasteiger partial charge in [0.25, 0.3) is 5.56 Å². The zero-order valence-electron chi connectivity index (χ0n) is 19.4. The van der Waals surface area contributed by atoms with Crippen LogP contribution in [0.3, 0.4) is 0 Å². The van der Waals surface area contributed by atoms with Crippen LogP contribution in [0.4, 0.5) is 5.82 Å². The molecule has 0 radical (unpaired) electrons. The van der Waals surface area contributed by atoms with Crippen LogP contribution in [-0.4, -0.2) is 47.9 Å². The van der Waals surface area contributed by atoms with Crippen LogP contribution in [0.25, 0.3) is 11.0 Å². The molecule has 0 unspecified atom stereocenters. The number of aryl methyl sites for hydroxylation is 3. The highest BCUT2D eigenvalue weighted by atomic mass is 16.3. The molecule has 0 bridgehead atoms. The lowest BCUT2D eigenvalue weighted by Crippen LogP contribution is -2.43. The average molecular weight is 452 g/mol. The first-order chi connectivity index (χ1) is 15.7. The second-order valence-corrected chi connectivity index (χ2v) is 8.53. The molecule has 0 spiro atoms. The van der Waals surface area contributed by atoms with Crippen LogP contribution in [0.15, 0.2) is 15.7 Å². The van der Waals surface area contributed by atoms with Crippen molar-refractivity contribution >= 4 is 16.9 Å². The Bertz CT molecular complexity index is 1380. The summed E-state index contributed by atoms with van der Waals surface area (Å²) in [5.74, 6) is 6.58. The van der Waals surface area contributed by atoms with E-state index in [0.29, 0.717) is 24.7 Å². The maximum absolute atomic E-state index is 13.6. The molecule has 1 fully saturated rings. The van der Waals surface area contributed by atoms with E-state index in [-0.39, 0.29) is 35.9 Å². The Hall–Kier alpha value is -3.58. The number of nitrogens with zero attached hydrogens (tertiary/aromatic N) is 6. The Balaban J connectivity index is 1.98. The summed E-state index contributed by atoms with van der Waals surface area (Å²) in [7, 11) is 1.55. The van der Waals surface area contributed by atoms with E-state index < -0.39 is 11.2 Å². The van der Waals surface area contributed by atoms with Crippen LogP contribution in [-0.2, 0) is 20.1 Å². The van der Waals surface area contributed by atoms with Crippen molar-refractivity contribution in [3.8, 4) is 17.6 Å². The molecule has 0 amide bonds. The van der Waals surface area contributed by atoms with E-state index in [4.69, 9.17) is 5.73 Å². The van der Waals surface area contributed by atoms with Crippen molar-refractivity contribution in [3.05, 3.63) is 44.1 Å². The highest BCUT2D eigenvalue weighted by Gasteiger charge is 2.29. The summed E-state index contributed by atoms with van der Waals surface area (Å²) in [6.45, 7) is 6.75. The largest absolute Gasteiger partial charge is 0.503 e. The summed E-state index contributed by atoms with van der Waals surface area (Å²) in [5, 5.41) is 11.2. The predicted molar refractivity (Wildman–Crippen MR) is 127 cm³/mol. The molecule has 0 aliphatic carbocycles. The Labute approximate surface area is 191 Å². The first-order valence-electron chi connectivity index (χ1n) is 11.0. The summed E-state index contributed by atoms with van der Waals surface area (Å²) in [6.07, 6.45) is 1.77. The Morgan fingerprint density at radius 2 is 1.88 bits per heavy atom. The van der Waals surface area contributed by atoms with Crippen LogP contribution in [0, 0.1) is 25.7 Å². The second-order valence-electron chi connectivity index (χ2n) is 8.53. The van der Waals surface area contributed by atoms with E-state index >= 15 is 0 Å². The van der Waals surface area contributed by atoms with Crippen LogP contribution in [0.2, 0.25) is 0 Å². The fraction of sp³-hybridized carbons (Fsp3) is 0.478. The Kier molecular flexibility index (Phi) is 5.99. The zero-order chi connectivity index (χ0) is 23.9. The fourth-order valence-electron chi connectivity index (χ4n) is 4.59. The van der Waals surface area contributed by atoms with Crippen molar-refractivity contribution in [1.82, 2.24) is 23.7 Å². The molecule has 0 saturated carbocycles. The van der Waals surface area contributed by atoms with Gasteiger partial charge in [0.1, 0.15) is 16.9 Å². The van der Waals surface area contributed by atoms with E-state index in [2.05, 4.69) is 21.8 Å².